The summed E-state index contributed by atoms with van der Waals surface area (Å²) in [7, 11) is 0. The molecule has 1 aromatic heterocycles. The fourth-order valence-electron chi connectivity index (χ4n) is 1.21. The standard InChI is InChI=1S/C11H19N3OS/c1-8(2)10(15)13-5-4-12-9(3)11-14-6-7-16-11/h6-9,12H,4-5H2,1-3H3,(H,13,15). The number of rotatable bonds is 6. The van der Waals surface area contributed by atoms with Gasteiger partial charge in [0.1, 0.15) is 5.01 Å². The van der Waals surface area contributed by atoms with Crippen LogP contribution >= 0.6 is 11.3 Å². The maximum Gasteiger partial charge on any atom is 0.222 e. The number of nitrogens with one attached hydrogen (secondary N) is 2. The molecule has 4 nitrogen and oxygen atoms in total. The van der Waals surface area contributed by atoms with E-state index in [1.54, 1.807) is 17.5 Å². The van der Waals surface area contributed by atoms with Crippen LogP contribution in [-0.2, 0) is 4.79 Å². The molecule has 1 unspecified atom stereocenters. The van der Waals surface area contributed by atoms with E-state index < -0.39 is 0 Å². The lowest BCUT2D eigenvalue weighted by Crippen LogP contribution is -2.35. The second-order valence-electron chi connectivity index (χ2n) is 3.99. The molecule has 0 aliphatic carbocycles. The summed E-state index contributed by atoms with van der Waals surface area (Å²) in [6.07, 6.45) is 1.80. The monoisotopic (exact) mass is 241 g/mol. The topological polar surface area (TPSA) is 54.0 Å². The molecule has 1 heterocycles. The molecule has 5 heteroatoms. The summed E-state index contributed by atoms with van der Waals surface area (Å²) in [6.45, 7) is 7.27. The molecule has 0 radical (unpaired) electrons. The van der Waals surface area contributed by atoms with Crippen LogP contribution in [0.5, 0.6) is 0 Å². The molecule has 0 saturated carbocycles. The summed E-state index contributed by atoms with van der Waals surface area (Å²) in [5, 5.41) is 9.22. The van der Waals surface area contributed by atoms with Crippen molar-refractivity contribution in [3.05, 3.63) is 16.6 Å². The van der Waals surface area contributed by atoms with E-state index in [0.717, 1.165) is 11.6 Å². The smallest absolute Gasteiger partial charge is 0.222 e. The van der Waals surface area contributed by atoms with Gasteiger partial charge in [-0.1, -0.05) is 13.8 Å². The number of thiazole rings is 1. The summed E-state index contributed by atoms with van der Waals surface area (Å²) in [6, 6.07) is 0.246. The highest BCUT2D eigenvalue weighted by atomic mass is 32.1. The van der Waals surface area contributed by atoms with Gasteiger partial charge >= 0.3 is 0 Å². The van der Waals surface area contributed by atoms with Gasteiger partial charge in [-0.25, -0.2) is 4.98 Å². The van der Waals surface area contributed by atoms with Crippen LogP contribution < -0.4 is 10.6 Å². The van der Waals surface area contributed by atoms with E-state index in [1.165, 1.54) is 0 Å². The first-order valence-corrected chi connectivity index (χ1v) is 6.39. The molecule has 2 N–H and O–H groups in total. The third kappa shape index (κ3) is 4.28. The number of nitrogens with zero attached hydrogens (tertiary/aromatic N) is 1. The van der Waals surface area contributed by atoms with Crippen LogP contribution in [0.25, 0.3) is 0 Å². The highest BCUT2D eigenvalue weighted by molar-refractivity contribution is 7.09. The van der Waals surface area contributed by atoms with Gasteiger partial charge in [0.15, 0.2) is 0 Å². The molecule has 90 valence electrons. The second kappa shape index (κ2) is 6.60. The summed E-state index contributed by atoms with van der Waals surface area (Å²) in [5.74, 6) is 0.153. The Morgan fingerprint density at radius 1 is 1.44 bits per heavy atom. The minimum Gasteiger partial charge on any atom is -0.355 e. The zero-order valence-corrected chi connectivity index (χ0v) is 10.8. The van der Waals surface area contributed by atoms with Crippen LogP contribution in [-0.4, -0.2) is 24.0 Å². The van der Waals surface area contributed by atoms with Crippen molar-refractivity contribution in [2.24, 2.45) is 5.92 Å². The van der Waals surface area contributed by atoms with Crippen molar-refractivity contribution in [2.75, 3.05) is 13.1 Å². The first kappa shape index (κ1) is 13.1. The Balaban J connectivity index is 2.14. The average molecular weight is 241 g/mol. The maximum atomic E-state index is 11.3. The van der Waals surface area contributed by atoms with Gasteiger partial charge in [0.05, 0.1) is 6.04 Å². The van der Waals surface area contributed by atoms with Gasteiger partial charge in [0, 0.05) is 30.6 Å². The molecule has 0 fully saturated rings. The molecule has 1 aromatic rings. The predicted molar refractivity (Wildman–Crippen MR) is 66.4 cm³/mol. The van der Waals surface area contributed by atoms with Crippen LogP contribution in [0.1, 0.15) is 31.8 Å². The Bertz CT molecular complexity index is 311. The molecule has 0 bridgehead atoms. The third-order valence-corrected chi connectivity index (χ3v) is 3.18. The SMILES string of the molecule is CC(C)C(=O)NCCNC(C)c1nccs1. The average Bonchev–Trinajstić information content (AvgIpc) is 2.76. The van der Waals surface area contributed by atoms with Gasteiger partial charge in [0.2, 0.25) is 5.91 Å². The zero-order valence-electron chi connectivity index (χ0n) is 9.99. The van der Waals surface area contributed by atoms with Crippen molar-refractivity contribution in [3.63, 3.8) is 0 Å². The van der Waals surface area contributed by atoms with Crippen molar-refractivity contribution >= 4 is 17.2 Å². The summed E-state index contributed by atoms with van der Waals surface area (Å²) >= 11 is 1.64. The van der Waals surface area contributed by atoms with E-state index in [1.807, 2.05) is 19.2 Å². The van der Waals surface area contributed by atoms with E-state index in [4.69, 9.17) is 0 Å². The summed E-state index contributed by atoms with van der Waals surface area (Å²) in [5.41, 5.74) is 0. The van der Waals surface area contributed by atoms with Crippen molar-refractivity contribution in [1.29, 1.82) is 0 Å². The largest absolute Gasteiger partial charge is 0.355 e. The lowest BCUT2D eigenvalue weighted by atomic mass is 10.2. The number of carbonyl (C=O) groups excluding carboxylic acids is 1. The molecule has 0 aliphatic rings. The van der Waals surface area contributed by atoms with E-state index in [2.05, 4.69) is 22.5 Å². The summed E-state index contributed by atoms with van der Waals surface area (Å²) < 4.78 is 0. The van der Waals surface area contributed by atoms with E-state index >= 15 is 0 Å². The molecule has 0 aromatic carbocycles. The molecule has 1 amide bonds. The fraction of sp³-hybridized carbons (Fsp3) is 0.636. The number of carbonyl (C=O) groups is 1. The van der Waals surface area contributed by atoms with Gasteiger partial charge in [0.25, 0.3) is 0 Å². The summed E-state index contributed by atoms with van der Waals surface area (Å²) in [4.78, 5) is 15.5. The first-order chi connectivity index (χ1) is 7.61. The lowest BCUT2D eigenvalue weighted by molar-refractivity contribution is -0.123. The van der Waals surface area contributed by atoms with Gasteiger partial charge in [-0.15, -0.1) is 11.3 Å². The van der Waals surface area contributed by atoms with E-state index in [-0.39, 0.29) is 17.9 Å². The molecular weight excluding hydrogens is 222 g/mol. The molecule has 0 saturated heterocycles. The lowest BCUT2D eigenvalue weighted by Gasteiger charge is -2.12. The quantitative estimate of drug-likeness (QED) is 0.743. The molecule has 1 rings (SSSR count). The molecule has 0 spiro atoms. The van der Waals surface area contributed by atoms with Gasteiger partial charge in [-0.05, 0) is 6.92 Å². The van der Waals surface area contributed by atoms with Crippen molar-refractivity contribution in [2.45, 2.75) is 26.8 Å². The minimum atomic E-state index is 0.0522. The molecule has 1 atom stereocenters. The van der Waals surface area contributed by atoms with Gasteiger partial charge in [-0.2, -0.15) is 0 Å². The van der Waals surface area contributed by atoms with Gasteiger partial charge in [-0.3, -0.25) is 4.79 Å². The van der Waals surface area contributed by atoms with Crippen LogP contribution in [0.4, 0.5) is 0 Å². The zero-order chi connectivity index (χ0) is 12.0. The third-order valence-electron chi connectivity index (χ3n) is 2.22. The number of hydrogen-bond donors (Lipinski definition) is 2. The molecular formula is C11H19N3OS. The Labute approximate surface area is 100 Å². The molecule has 0 aliphatic heterocycles. The normalized spacial score (nSPS) is 12.8. The minimum absolute atomic E-state index is 0.0522. The second-order valence-corrected chi connectivity index (χ2v) is 4.92. The number of aromatic nitrogens is 1. The van der Waals surface area contributed by atoms with Crippen LogP contribution in [0.2, 0.25) is 0 Å². The Hall–Kier alpha value is -0.940. The fourth-order valence-corrected chi connectivity index (χ4v) is 1.88. The van der Waals surface area contributed by atoms with Crippen molar-refractivity contribution in [3.8, 4) is 0 Å². The van der Waals surface area contributed by atoms with Crippen LogP contribution in [0.15, 0.2) is 11.6 Å². The predicted octanol–water partition coefficient (Wildman–Crippen LogP) is 1.57. The van der Waals surface area contributed by atoms with E-state index in [0.29, 0.717) is 6.54 Å². The first-order valence-electron chi connectivity index (χ1n) is 5.51. The van der Waals surface area contributed by atoms with Crippen LogP contribution in [0, 0.1) is 5.92 Å². The molecule has 16 heavy (non-hydrogen) atoms. The Morgan fingerprint density at radius 3 is 2.75 bits per heavy atom. The maximum absolute atomic E-state index is 11.3. The number of hydrogen-bond acceptors (Lipinski definition) is 4. The highest BCUT2D eigenvalue weighted by Gasteiger charge is 2.08. The highest BCUT2D eigenvalue weighted by Crippen LogP contribution is 2.13. The van der Waals surface area contributed by atoms with E-state index in [9.17, 15) is 4.79 Å². The van der Waals surface area contributed by atoms with Crippen LogP contribution in [0.3, 0.4) is 0 Å². The van der Waals surface area contributed by atoms with Crippen molar-refractivity contribution in [1.82, 2.24) is 15.6 Å². The number of amides is 1. The Morgan fingerprint density at radius 2 is 2.19 bits per heavy atom. The Kier molecular flexibility index (Phi) is 5.42. The van der Waals surface area contributed by atoms with Crippen molar-refractivity contribution < 1.29 is 4.79 Å². The van der Waals surface area contributed by atoms with Gasteiger partial charge < -0.3 is 10.6 Å².